The molecule has 1 aromatic carbocycles. The Hall–Kier alpha value is -2.34. The lowest BCUT2D eigenvalue weighted by Crippen LogP contribution is -2.22. The average Bonchev–Trinajstić information content (AvgIpc) is 2.98. The van der Waals surface area contributed by atoms with Gasteiger partial charge in [-0.2, -0.15) is 0 Å². The third-order valence-corrected chi connectivity index (χ3v) is 4.62. The molecule has 0 aliphatic carbocycles. The molecule has 23 heavy (non-hydrogen) atoms. The number of anilines is 1. The van der Waals surface area contributed by atoms with E-state index in [9.17, 15) is 4.79 Å². The smallest absolute Gasteiger partial charge is 0.237 e. The molecule has 118 valence electrons. The second-order valence-corrected chi connectivity index (χ2v) is 6.52. The van der Waals surface area contributed by atoms with E-state index < -0.39 is 0 Å². The molecule has 0 bridgehead atoms. The predicted molar refractivity (Wildman–Crippen MR) is 92.8 cm³/mol. The van der Waals surface area contributed by atoms with Crippen LogP contribution in [0.2, 0.25) is 0 Å². The van der Waals surface area contributed by atoms with Crippen molar-refractivity contribution in [2.45, 2.75) is 30.7 Å². The molecule has 2 heterocycles. The summed E-state index contributed by atoms with van der Waals surface area (Å²) in [5, 5.41) is 11.6. The van der Waals surface area contributed by atoms with Gasteiger partial charge in [0, 0.05) is 11.9 Å². The summed E-state index contributed by atoms with van der Waals surface area (Å²) in [5.41, 5.74) is 2.84. The number of rotatable bonds is 5. The summed E-state index contributed by atoms with van der Waals surface area (Å²) in [6.07, 6.45) is 2.88. The van der Waals surface area contributed by atoms with Crippen LogP contribution in [0.25, 0.3) is 5.65 Å². The number of amides is 1. The van der Waals surface area contributed by atoms with Gasteiger partial charge in [0.1, 0.15) is 0 Å². The van der Waals surface area contributed by atoms with E-state index in [-0.39, 0.29) is 11.2 Å². The molecule has 6 heteroatoms. The van der Waals surface area contributed by atoms with Crippen LogP contribution in [0.1, 0.15) is 19.4 Å². The van der Waals surface area contributed by atoms with Crippen molar-refractivity contribution in [3.05, 3.63) is 54.2 Å². The van der Waals surface area contributed by atoms with Gasteiger partial charge in [0.2, 0.25) is 5.91 Å². The highest BCUT2D eigenvalue weighted by atomic mass is 32.2. The Morgan fingerprint density at radius 1 is 1.22 bits per heavy atom. The Labute approximate surface area is 139 Å². The molecule has 0 saturated carbocycles. The van der Waals surface area contributed by atoms with Gasteiger partial charge in [-0.05, 0) is 43.2 Å². The highest BCUT2D eigenvalue weighted by molar-refractivity contribution is 8.00. The van der Waals surface area contributed by atoms with Crippen molar-refractivity contribution >= 4 is 29.0 Å². The zero-order valence-corrected chi connectivity index (χ0v) is 13.9. The zero-order valence-electron chi connectivity index (χ0n) is 13.1. The van der Waals surface area contributed by atoms with Crippen LogP contribution in [0.15, 0.2) is 53.8 Å². The molecule has 3 aromatic rings. The Kier molecular flexibility index (Phi) is 4.62. The first-order chi connectivity index (χ1) is 11.2. The van der Waals surface area contributed by atoms with E-state index >= 15 is 0 Å². The van der Waals surface area contributed by atoms with E-state index in [4.69, 9.17) is 0 Å². The Balaban J connectivity index is 1.67. The van der Waals surface area contributed by atoms with Crippen LogP contribution in [0, 0.1) is 0 Å². The number of hydrogen-bond donors (Lipinski definition) is 1. The van der Waals surface area contributed by atoms with E-state index in [1.54, 1.807) is 0 Å². The normalized spacial score (nSPS) is 12.3. The number of nitrogens with zero attached hydrogens (tertiary/aromatic N) is 3. The summed E-state index contributed by atoms with van der Waals surface area (Å²) in [7, 11) is 0. The molecule has 1 atom stereocenters. The second-order valence-electron chi connectivity index (χ2n) is 5.21. The first-order valence-corrected chi connectivity index (χ1v) is 8.41. The number of aromatic nitrogens is 3. The fourth-order valence-corrected chi connectivity index (χ4v) is 3.02. The van der Waals surface area contributed by atoms with E-state index in [0.717, 1.165) is 17.8 Å². The molecular formula is C17H18N4OS. The molecule has 0 saturated heterocycles. The fraction of sp³-hybridized carbons (Fsp3) is 0.235. The van der Waals surface area contributed by atoms with E-state index in [2.05, 4.69) is 22.4 Å². The van der Waals surface area contributed by atoms with Gasteiger partial charge in [0.25, 0.3) is 0 Å². The van der Waals surface area contributed by atoms with Crippen LogP contribution in [-0.4, -0.2) is 25.8 Å². The van der Waals surface area contributed by atoms with E-state index in [1.165, 1.54) is 17.3 Å². The molecule has 0 unspecified atom stereocenters. The minimum atomic E-state index is -0.270. The van der Waals surface area contributed by atoms with Crippen LogP contribution in [0.3, 0.4) is 0 Å². The predicted octanol–water partition coefficient (Wildman–Crippen LogP) is 3.41. The number of aryl methyl sites for hydroxylation is 1. The van der Waals surface area contributed by atoms with Gasteiger partial charge in [-0.15, -0.1) is 10.2 Å². The second kappa shape index (κ2) is 6.83. The van der Waals surface area contributed by atoms with Crippen molar-refractivity contribution in [3.63, 3.8) is 0 Å². The quantitative estimate of drug-likeness (QED) is 0.730. The van der Waals surface area contributed by atoms with Gasteiger partial charge in [-0.3, -0.25) is 9.20 Å². The maximum atomic E-state index is 12.3. The molecule has 0 fully saturated rings. The molecule has 0 radical (unpaired) electrons. The minimum Gasteiger partial charge on any atom is -0.325 e. The van der Waals surface area contributed by atoms with Crippen molar-refractivity contribution in [1.29, 1.82) is 0 Å². The van der Waals surface area contributed by atoms with Crippen LogP contribution in [0.4, 0.5) is 5.69 Å². The van der Waals surface area contributed by atoms with Crippen molar-refractivity contribution in [2.24, 2.45) is 0 Å². The van der Waals surface area contributed by atoms with Crippen molar-refractivity contribution in [1.82, 2.24) is 14.6 Å². The van der Waals surface area contributed by atoms with Gasteiger partial charge in [0.15, 0.2) is 10.8 Å². The fourth-order valence-electron chi connectivity index (χ4n) is 2.18. The number of carbonyl (C=O) groups excluding carboxylic acids is 1. The minimum absolute atomic E-state index is 0.0491. The summed E-state index contributed by atoms with van der Waals surface area (Å²) < 4.78 is 1.88. The van der Waals surface area contributed by atoms with Crippen LogP contribution >= 0.6 is 11.8 Å². The SMILES string of the molecule is CCc1ccc(NC(=O)[C@H](C)Sc2nnc3ccccn23)cc1. The molecule has 3 rings (SSSR count). The molecule has 0 aliphatic rings. The topological polar surface area (TPSA) is 59.3 Å². The number of nitrogens with one attached hydrogen (secondary N) is 1. The Morgan fingerprint density at radius 2 is 2.00 bits per heavy atom. The molecule has 1 N–H and O–H groups in total. The summed E-state index contributed by atoms with van der Waals surface area (Å²) in [6.45, 7) is 3.97. The standard InChI is InChI=1S/C17H18N4OS/c1-3-13-7-9-14(10-8-13)18-16(22)12(2)23-17-20-19-15-6-4-5-11-21(15)17/h4-12H,3H2,1-2H3,(H,18,22)/t12-/m0/s1. The highest BCUT2D eigenvalue weighted by Crippen LogP contribution is 2.23. The number of benzene rings is 1. The van der Waals surface area contributed by atoms with Gasteiger partial charge in [0.05, 0.1) is 5.25 Å². The molecule has 1 amide bonds. The summed E-state index contributed by atoms with van der Waals surface area (Å²) in [5.74, 6) is -0.0491. The molecule has 2 aromatic heterocycles. The highest BCUT2D eigenvalue weighted by Gasteiger charge is 2.17. The third-order valence-electron chi connectivity index (χ3n) is 3.56. The van der Waals surface area contributed by atoms with Crippen LogP contribution in [-0.2, 0) is 11.2 Å². The van der Waals surface area contributed by atoms with Crippen molar-refractivity contribution in [3.8, 4) is 0 Å². The maximum absolute atomic E-state index is 12.3. The molecular weight excluding hydrogens is 308 g/mol. The monoisotopic (exact) mass is 326 g/mol. The van der Waals surface area contributed by atoms with Crippen LogP contribution < -0.4 is 5.32 Å². The number of thioether (sulfide) groups is 1. The number of hydrogen-bond acceptors (Lipinski definition) is 4. The zero-order chi connectivity index (χ0) is 16.2. The van der Waals surface area contributed by atoms with Crippen molar-refractivity contribution < 1.29 is 4.79 Å². The number of fused-ring (bicyclic) bond motifs is 1. The maximum Gasteiger partial charge on any atom is 0.237 e. The van der Waals surface area contributed by atoms with E-state index in [1.807, 2.05) is 60.0 Å². The largest absolute Gasteiger partial charge is 0.325 e. The van der Waals surface area contributed by atoms with Gasteiger partial charge in [-0.25, -0.2) is 0 Å². The lowest BCUT2D eigenvalue weighted by atomic mass is 10.1. The van der Waals surface area contributed by atoms with Gasteiger partial charge < -0.3 is 5.32 Å². The van der Waals surface area contributed by atoms with Gasteiger partial charge in [-0.1, -0.05) is 36.9 Å². The molecule has 0 aliphatic heterocycles. The Morgan fingerprint density at radius 3 is 2.74 bits per heavy atom. The first-order valence-electron chi connectivity index (χ1n) is 7.53. The summed E-state index contributed by atoms with van der Waals surface area (Å²) >= 11 is 1.39. The summed E-state index contributed by atoms with van der Waals surface area (Å²) in [6, 6.07) is 13.6. The van der Waals surface area contributed by atoms with Gasteiger partial charge >= 0.3 is 0 Å². The first kappa shape index (κ1) is 15.6. The lowest BCUT2D eigenvalue weighted by molar-refractivity contribution is -0.115. The summed E-state index contributed by atoms with van der Waals surface area (Å²) in [4.78, 5) is 12.3. The van der Waals surface area contributed by atoms with E-state index in [0.29, 0.717) is 5.16 Å². The number of pyridine rings is 1. The lowest BCUT2D eigenvalue weighted by Gasteiger charge is -2.11. The molecule has 5 nitrogen and oxygen atoms in total. The number of carbonyl (C=O) groups is 1. The third kappa shape index (κ3) is 3.53. The Bertz CT molecular complexity index is 813. The molecule has 0 spiro atoms. The van der Waals surface area contributed by atoms with Crippen molar-refractivity contribution in [2.75, 3.05) is 5.32 Å². The van der Waals surface area contributed by atoms with Crippen LogP contribution in [0.5, 0.6) is 0 Å². The average molecular weight is 326 g/mol.